The molecule has 0 spiro atoms. The van der Waals surface area contributed by atoms with Gasteiger partial charge < -0.3 is 49.8 Å². The lowest BCUT2D eigenvalue weighted by Gasteiger charge is -2.27. The van der Waals surface area contributed by atoms with Gasteiger partial charge in [-0.25, -0.2) is 13.6 Å². The van der Waals surface area contributed by atoms with Crippen LogP contribution in [0.4, 0.5) is 20.2 Å². The van der Waals surface area contributed by atoms with Gasteiger partial charge in [0.1, 0.15) is 35.9 Å². The van der Waals surface area contributed by atoms with Gasteiger partial charge in [0, 0.05) is 84.9 Å². The molecule has 1 aromatic heterocycles. The van der Waals surface area contributed by atoms with Gasteiger partial charge in [-0.05, 0) is 154 Å². The number of amides is 4. The largest absolute Gasteiger partial charge is 0.493 e. The van der Waals surface area contributed by atoms with E-state index >= 15 is 0 Å². The third kappa shape index (κ3) is 22.4. The summed E-state index contributed by atoms with van der Waals surface area (Å²) in [6.07, 6.45) is 9.91. The van der Waals surface area contributed by atoms with Crippen molar-refractivity contribution in [1.29, 1.82) is 5.26 Å². The molecule has 0 unspecified atom stereocenters. The number of carbonyl (C=O) groups is 5. The fourth-order valence-corrected chi connectivity index (χ4v) is 15.7. The summed E-state index contributed by atoms with van der Waals surface area (Å²) in [5.74, 6) is -6.98. The lowest BCUT2D eigenvalue weighted by Crippen LogP contribution is -2.43. The average molecular weight is 1610 g/mol. The molecule has 8 N–H and O–H groups in total. The summed E-state index contributed by atoms with van der Waals surface area (Å²) in [6, 6.07) is 20.1. The lowest BCUT2D eigenvalue weighted by molar-refractivity contribution is -0.438. The zero-order chi connectivity index (χ0) is 80.2. The molecule has 36 heteroatoms. The molecule has 1 fully saturated rings. The number of ether oxygens (including phenoxy) is 4. The van der Waals surface area contributed by atoms with Crippen LogP contribution in [0.1, 0.15) is 119 Å². The number of carbonyl (C=O) groups excluding carboxylic acids is 4. The number of rotatable bonds is 37. The molecule has 0 saturated carbocycles. The Morgan fingerprint density at radius 3 is 2.05 bits per heavy atom. The Morgan fingerprint density at radius 2 is 1.38 bits per heavy atom. The van der Waals surface area contributed by atoms with E-state index in [1.54, 1.807) is 54.6 Å². The predicted octanol–water partition coefficient (Wildman–Crippen LogP) is 7.73. The molecular weight excluding hydrogens is 1520 g/mol. The number of anilines is 1. The third-order valence-electron chi connectivity index (χ3n) is 19.1. The highest BCUT2D eigenvalue weighted by Gasteiger charge is 2.48. The predicted molar refractivity (Wildman–Crippen MR) is 398 cm³/mol. The molecule has 9 rings (SSSR count). The van der Waals surface area contributed by atoms with Crippen LogP contribution < -0.4 is 30.3 Å². The van der Waals surface area contributed by atoms with Crippen LogP contribution in [-0.4, -0.2) is 202 Å². The number of nitrogens with one attached hydrogen (secondary N) is 3. The highest BCUT2D eigenvalue weighted by Crippen LogP contribution is 2.49. The maximum absolute atomic E-state index is 13.9. The van der Waals surface area contributed by atoms with E-state index in [1.807, 2.05) is 61.5 Å². The Labute approximate surface area is 635 Å². The molecule has 0 radical (unpaired) electrons. The van der Waals surface area contributed by atoms with Crippen molar-refractivity contribution >= 4 is 98.1 Å². The molecule has 110 heavy (non-hydrogen) atoms. The molecule has 0 bridgehead atoms. The van der Waals surface area contributed by atoms with E-state index in [0.29, 0.717) is 98.0 Å². The number of nitrogens with zero attached hydrogens (tertiary/aromatic N) is 5. The number of alkyl halides is 2. The number of nitriles is 1. The van der Waals surface area contributed by atoms with Crippen molar-refractivity contribution in [3.63, 3.8) is 0 Å². The van der Waals surface area contributed by atoms with E-state index in [4.69, 9.17) is 18.9 Å². The summed E-state index contributed by atoms with van der Waals surface area (Å²) in [5, 5.41) is 27.5. The van der Waals surface area contributed by atoms with Gasteiger partial charge in [0.25, 0.3) is 52.3 Å². The second-order valence-corrected chi connectivity index (χ2v) is 33.8. The van der Waals surface area contributed by atoms with Crippen LogP contribution in [0.25, 0.3) is 10.9 Å². The van der Waals surface area contributed by atoms with E-state index < -0.39 is 124 Å². The van der Waals surface area contributed by atoms with Crippen LogP contribution in [0.5, 0.6) is 11.5 Å². The van der Waals surface area contributed by atoms with Crippen molar-refractivity contribution in [2.75, 3.05) is 82.2 Å². The number of allylic oxidation sites excluding steroid dienone is 7. The first kappa shape index (κ1) is 84.6. The van der Waals surface area contributed by atoms with Gasteiger partial charge in [0.2, 0.25) is 23.4 Å². The van der Waals surface area contributed by atoms with Crippen LogP contribution in [0, 0.1) is 11.3 Å². The molecule has 30 nitrogen and oxygen atoms in total. The van der Waals surface area contributed by atoms with E-state index in [-0.39, 0.29) is 119 Å². The Balaban J connectivity index is 0.814. The molecule has 4 aliphatic rings. The van der Waals surface area contributed by atoms with Gasteiger partial charge in [0.15, 0.2) is 5.71 Å². The fourth-order valence-electron chi connectivity index (χ4n) is 13.5. The molecule has 5 aromatic rings. The van der Waals surface area contributed by atoms with Crippen molar-refractivity contribution in [1.82, 2.24) is 25.8 Å². The number of carboxylic acids is 1. The maximum atomic E-state index is 13.9. The molecule has 3 aliphatic heterocycles. The molecule has 4 amide bonds. The number of likely N-dealkylation sites (tertiary alicyclic amines) is 1. The Hall–Kier alpha value is -9.42. The zero-order valence-electron chi connectivity index (χ0n) is 60.7. The van der Waals surface area contributed by atoms with E-state index in [1.165, 1.54) is 42.6 Å². The Kier molecular flexibility index (Phi) is 27.5. The summed E-state index contributed by atoms with van der Waals surface area (Å²) < 4.78 is 189. The smallest absolute Gasteiger partial charge is 0.326 e. The molecule has 4 heterocycles. The number of aromatic nitrogens is 1. The van der Waals surface area contributed by atoms with Crippen molar-refractivity contribution < 1.29 is 113 Å². The van der Waals surface area contributed by atoms with Crippen LogP contribution >= 0.6 is 0 Å². The number of pyridine rings is 1. The molecular formula is C74H87F2N8O22S4+. The number of hydrogen-bond acceptors (Lipinski definition) is 20. The first-order chi connectivity index (χ1) is 51.7. The first-order valence-corrected chi connectivity index (χ1v) is 41.3. The molecule has 1 saturated heterocycles. The SMILES string of the molecule is CC1(C)C(/C=C/C2=C(Oc3ccc(C[C@H](NC(=O)CCOCCOCCNC(=O)CCOc4ccc5nccc(C(=O)NCC(=O)N6CC(F)(F)C[C@H]6C#N)c5c4)C(=O)O)cc3)C(=C/C=C3/N(CCCCS(=O)(=O)O)c4ccc(S(=O)(=O)O)cc4C3(C)C)/CCC2)=[N+](CCCCS(=O)(=O)O)c2ccc(S(=O)(=O)O)cc21. The van der Waals surface area contributed by atoms with E-state index in [2.05, 4.69) is 20.9 Å². The number of benzene rings is 4. The van der Waals surface area contributed by atoms with E-state index in [0.717, 1.165) is 4.90 Å². The number of aliphatic carboxylic acids is 1. The minimum absolute atomic E-state index is 0.0491. The topological polar surface area (TPSA) is 442 Å². The summed E-state index contributed by atoms with van der Waals surface area (Å²) in [4.78, 5) is 70.4. The van der Waals surface area contributed by atoms with Gasteiger partial charge in [0.05, 0.1) is 96.4 Å². The second-order valence-electron chi connectivity index (χ2n) is 27.8. The van der Waals surface area contributed by atoms with Crippen molar-refractivity contribution in [3.05, 3.63) is 160 Å². The van der Waals surface area contributed by atoms with Crippen LogP contribution in [-0.2, 0) is 86.4 Å². The van der Waals surface area contributed by atoms with Crippen molar-refractivity contribution in [2.24, 2.45) is 0 Å². The van der Waals surface area contributed by atoms with Gasteiger partial charge in [-0.1, -0.05) is 32.1 Å². The highest BCUT2D eigenvalue weighted by atomic mass is 32.2. The number of halogens is 2. The van der Waals surface area contributed by atoms with Crippen LogP contribution in [0.2, 0.25) is 0 Å². The molecule has 2 atom stereocenters. The number of hydrogen-bond donors (Lipinski definition) is 8. The molecule has 4 aromatic carbocycles. The summed E-state index contributed by atoms with van der Waals surface area (Å²) in [5.41, 5.74) is 4.19. The van der Waals surface area contributed by atoms with Gasteiger partial charge in [-0.15, -0.1) is 0 Å². The second kappa shape index (κ2) is 35.7. The first-order valence-electron chi connectivity index (χ1n) is 35.2. The van der Waals surface area contributed by atoms with Gasteiger partial charge in [-0.2, -0.15) is 43.5 Å². The third-order valence-corrected chi connectivity index (χ3v) is 22.4. The lowest BCUT2D eigenvalue weighted by atomic mass is 9.81. The normalized spacial score (nSPS) is 17.8. The zero-order valence-corrected chi connectivity index (χ0v) is 64.0. The summed E-state index contributed by atoms with van der Waals surface area (Å²) in [6.45, 7) is 6.68. The minimum Gasteiger partial charge on any atom is -0.493 e. The van der Waals surface area contributed by atoms with Crippen molar-refractivity contribution in [2.45, 2.75) is 137 Å². The summed E-state index contributed by atoms with van der Waals surface area (Å²) >= 11 is 0. The van der Waals surface area contributed by atoms with E-state index in [9.17, 15) is 95.0 Å². The maximum Gasteiger partial charge on any atom is 0.326 e. The van der Waals surface area contributed by atoms with Gasteiger partial charge in [-0.3, -0.25) is 42.4 Å². The molecule has 592 valence electrons. The highest BCUT2D eigenvalue weighted by molar-refractivity contribution is 7.86. The van der Waals surface area contributed by atoms with Crippen molar-refractivity contribution in [3.8, 4) is 17.6 Å². The standard InChI is InChI=1S/C74H86F2N8O22S4/c1-72(2)58-42-54(109(97,98)99)19-22-62(58)82(31-5-7-38-107(91,92)93)64(72)24-14-49-10-9-11-50(15-25-65-73(3,4)59-43-55(110(100,101)102)20-23-63(59)83(65)32-6-8-39-108(94,95)96)69(49)106-52-16-12-48(13-17-52)40-61(71(89)90)81-67(86)27-33-103-36-37-104-35-30-79-66(85)28-34-105-53-18-21-60-57(41-53)56(26-29-78-60)70(88)80-46-68(87)84-47-74(75,76)44-51(84)45-77/h12-26,29,41-43,51,61H,5-11,27-28,30-40,44,46-47H2,1-4H3,(H7-,79,80,81,85,86,88,89,90,91,92,93,94,95,96,97,98,99,100,101,102)/p+1/t51-,61-/m0/s1. The fraction of sp³-hybridized carbons (Fsp3) is 0.432. The molecule has 1 aliphatic carbocycles. The Morgan fingerprint density at radius 1 is 0.727 bits per heavy atom. The number of carboxylic acid groups (broad SMARTS) is 1. The van der Waals surface area contributed by atoms with Gasteiger partial charge >= 0.3 is 5.97 Å². The monoisotopic (exact) mass is 1610 g/mol. The van der Waals surface area contributed by atoms with Crippen LogP contribution in [0.3, 0.4) is 0 Å². The minimum atomic E-state index is -4.64. The summed E-state index contributed by atoms with van der Waals surface area (Å²) in [7, 11) is -17.8. The quantitative estimate of drug-likeness (QED) is 0.0107. The Bertz CT molecular complexity index is 5040. The average Bonchev–Trinajstić information content (AvgIpc) is 1.59. The number of unbranched alkanes of at least 4 members (excludes halogenated alkanes) is 2. The van der Waals surface area contributed by atoms with Crippen LogP contribution in [0.15, 0.2) is 148 Å². The number of fused-ring (bicyclic) bond motifs is 3.